The van der Waals surface area contributed by atoms with Crippen molar-refractivity contribution in [3.8, 4) is 11.3 Å². The van der Waals surface area contributed by atoms with E-state index in [2.05, 4.69) is 63.9 Å². The van der Waals surface area contributed by atoms with E-state index in [1.807, 2.05) is 0 Å². The summed E-state index contributed by atoms with van der Waals surface area (Å²) in [6.07, 6.45) is 1.96. The highest BCUT2D eigenvalue weighted by Gasteiger charge is 2.32. The molecule has 0 spiro atoms. The van der Waals surface area contributed by atoms with Crippen LogP contribution in [0.1, 0.15) is 35.5 Å². The molecule has 22 heavy (non-hydrogen) atoms. The van der Waals surface area contributed by atoms with Crippen LogP contribution >= 0.6 is 15.9 Å². The summed E-state index contributed by atoms with van der Waals surface area (Å²) in [5, 5.41) is 3.07. The third-order valence-electron chi connectivity index (χ3n) is 4.77. The van der Waals surface area contributed by atoms with Gasteiger partial charge in [0.05, 0.1) is 5.56 Å². The Bertz CT molecular complexity index is 789. The second kappa shape index (κ2) is 4.72. The molecule has 114 valence electrons. The molecule has 4 heteroatoms. The Kier molecular flexibility index (Phi) is 3.02. The molecule has 0 radical (unpaired) electrons. The summed E-state index contributed by atoms with van der Waals surface area (Å²) in [7, 11) is 0. The number of carbonyl (C=O) groups excluding carboxylic acids is 1. The van der Waals surface area contributed by atoms with Crippen LogP contribution < -0.4 is 5.32 Å². The van der Waals surface area contributed by atoms with E-state index in [-0.39, 0.29) is 11.3 Å². The lowest BCUT2D eigenvalue weighted by Gasteiger charge is -2.26. The maximum absolute atomic E-state index is 12.4. The third kappa shape index (κ3) is 2.12. The van der Waals surface area contributed by atoms with Crippen LogP contribution in [0.15, 0.2) is 28.7 Å². The minimum absolute atomic E-state index is 0.0705. The lowest BCUT2D eigenvalue weighted by Crippen LogP contribution is -2.32. The van der Waals surface area contributed by atoms with E-state index in [9.17, 15) is 4.79 Å². The maximum atomic E-state index is 12.4. The average Bonchev–Trinajstić information content (AvgIpc) is 2.77. The van der Waals surface area contributed by atoms with Gasteiger partial charge in [-0.05, 0) is 42.0 Å². The standard InChI is InChI=1S/C18H19BrN2O/c1-18(2)9-16-14(17(22)20-10-18)8-15-13-4-3-12(19)7-11(13)5-6-21(15)16/h3-4,7-8H,5-6,9-10H2,1-2H3,(H,20,22). The zero-order valence-corrected chi connectivity index (χ0v) is 14.5. The number of amides is 1. The number of aryl methyl sites for hydroxylation is 1. The van der Waals surface area contributed by atoms with E-state index >= 15 is 0 Å². The quantitative estimate of drug-likeness (QED) is 0.763. The number of aromatic nitrogens is 1. The third-order valence-corrected chi connectivity index (χ3v) is 5.27. The molecule has 1 aromatic heterocycles. The fraction of sp³-hybridized carbons (Fsp3) is 0.389. The van der Waals surface area contributed by atoms with Crippen LogP contribution in [0.25, 0.3) is 11.3 Å². The smallest absolute Gasteiger partial charge is 0.253 e. The summed E-state index contributed by atoms with van der Waals surface area (Å²) < 4.78 is 3.48. The van der Waals surface area contributed by atoms with Gasteiger partial charge in [-0.15, -0.1) is 0 Å². The fourth-order valence-corrected chi connectivity index (χ4v) is 4.04. The Morgan fingerprint density at radius 3 is 2.86 bits per heavy atom. The highest BCUT2D eigenvalue weighted by molar-refractivity contribution is 9.10. The average molecular weight is 359 g/mol. The molecule has 0 atom stereocenters. The minimum Gasteiger partial charge on any atom is -0.351 e. The first-order valence-corrected chi connectivity index (χ1v) is 8.53. The SMILES string of the molecule is CC1(C)CNC(=O)c2cc3n(c2C1)CCc1cc(Br)ccc1-3. The number of nitrogens with zero attached hydrogens (tertiary/aromatic N) is 1. The Labute approximate surface area is 138 Å². The summed E-state index contributed by atoms with van der Waals surface area (Å²) >= 11 is 3.55. The van der Waals surface area contributed by atoms with E-state index in [1.165, 1.54) is 22.5 Å². The number of hydrogen-bond donors (Lipinski definition) is 1. The molecule has 0 saturated carbocycles. The number of carbonyl (C=O) groups is 1. The largest absolute Gasteiger partial charge is 0.351 e. The van der Waals surface area contributed by atoms with Crippen LogP contribution in [0, 0.1) is 5.41 Å². The molecule has 0 bridgehead atoms. The molecule has 2 aliphatic rings. The molecule has 2 aromatic rings. The van der Waals surface area contributed by atoms with Gasteiger partial charge in [-0.3, -0.25) is 4.79 Å². The van der Waals surface area contributed by atoms with E-state index in [4.69, 9.17) is 0 Å². The summed E-state index contributed by atoms with van der Waals surface area (Å²) in [5.41, 5.74) is 5.95. The maximum Gasteiger partial charge on any atom is 0.253 e. The molecular weight excluding hydrogens is 340 g/mol. The van der Waals surface area contributed by atoms with Crippen LogP contribution in [0.3, 0.4) is 0 Å². The normalized spacial score (nSPS) is 18.8. The van der Waals surface area contributed by atoms with Gasteiger partial charge in [0.2, 0.25) is 0 Å². The molecule has 2 aliphatic heterocycles. The van der Waals surface area contributed by atoms with Crippen molar-refractivity contribution in [1.82, 2.24) is 9.88 Å². The molecule has 0 fully saturated rings. The topological polar surface area (TPSA) is 34.0 Å². The van der Waals surface area contributed by atoms with Crippen LogP contribution in [0.2, 0.25) is 0 Å². The van der Waals surface area contributed by atoms with E-state index in [0.717, 1.165) is 36.0 Å². The molecule has 1 amide bonds. The zero-order chi connectivity index (χ0) is 15.5. The van der Waals surface area contributed by atoms with Crippen molar-refractivity contribution in [3.05, 3.63) is 45.6 Å². The van der Waals surface area contributed by atoms with Gasteiger partial charge in [-0.2, -0.15) is 0 Å². The molecule has 3 nitrogen and oxygen atoms in total. The van der Waals surface area contributed by atoms with Crippen LogP contribution in [0.4, 0.5) is 0 Å². The molecule has 4 rings (SSSR count). The molecular formula is C18H19BrN2O. The first kappa shape index (κ1) is 14.1. The van der Waals surface area contributed by atoms with Crippen molar-refractivity contribution in [3.63, 3.8) is 0 Å². The summed E-state index contributed by atoms with van der Waals surface area (Å²) in [6, 6.07) is 8.52. The first-order valence-electron chi connectivity index (χ1n) is 7.74. The molecule has 0 aliphatic carbocycles. The molecule has 1 N–H and O–H groups in total. The Morgan fingerprint density at radius 1 is 1.23 bits per heavy atom. The van der Waals surface area contributed by atoms with Crippen molar-refractivity contribution in [2.45, 2.75) is 33.2 Å². The van der Waals surface area contributed by atoms with Gasteiger partial charge in [-0.25, -0.2) is 0 Å². The van der Waals surface area contributed by atoms with Gasteiger partial charge in [0.25, 0.3) is 5.91 Å². The van der Waals surface area contributed by atoms with Gasteiger partial charge >= 0.3 is 0 Å². The number of nitrogens with one attached hydrogen (secondary N) is 1. The van der Waals surface area contributed by atoms with Gasteiger partial charge in [0.1, 0.15) is 0 Å². The monoisotopic (exact) mass is 358 g/mol. The Balaban J connectivity index is 1.91. The summed E-state index contributed by atoms with van der Waals surface area (Å²) in [6.45, 7) is 6.13. The number of benzene rings is 1. The highest BCUT2D eigenvalue weighted by atomic mass is 79.9. The number of rotatable bonds is 0. The lowest BCUT2D eigenvalue weighted by atomic mass is 9.88. The van der Waals surface area contributed by atoms with E-state index < -0.39 is 0 Å². The molecule has 1 aromatic carbocycles. The van der Waals surface area contributed by atoms with Crippen LogP contribution in [-0.2, 0) is 19.4 Å². The minimum atomic E-state index is 0.0705. The fourth-order valence-electron chi connectivity index (χ4n) is 3.64. The molecule has 0 unspecified atom stereocenters. The van der Waals surface area contributed by atoms with Crippen LogP contribution in [0.5, 0.6) is 0 Å². The number of halogens is 1. The van der Waals surface area contributed by atoms with Crippen molar-refractivity contribution >= 4 is 21.8 Å². The van der Waals surface area contributed by atoms with Crippen molar-refractivity contribution in [2.75, 3.05) is 6.54 Å². The molecule has 0 saturated heterocycles. The number of hydrogen-bond acceptors (Lipinski definition) is 1. The second-order valence-electron chi connectivity index (χ2n) is 7.12. The van der Waals surface area contributed by atoms with Gasteiger partial charge in [0, 0.05) is 34.5 Å². The summed E-state index contributed by atoms with van der Waals surface area (Å²) in [4.78, 5) is 12.4. The summed E-state index contributed by atoms with van der Waals surface area (Å²) in [5.74, 6) is 0.0705. The Hall–Kier alpha value is -1.55. The van der Waals surface area contributed by atoms with Crippen LogP contribution in [-0.4, -0.2) is 17.0 Å². The zero-order valence-electron chi connectivity index (χ0n) is 12.9. The highest BCUT2D eigenvalue weighted by Crippen LogP contribution is 2.37. The lowest BCUT2D eigenvalue weighted by molar-refractivity contribution is 0.0945. The Morgan fingerprint density at radius 2 is 2.05 bits per heavy atom. The predicted molar refractivity (Wildman–Crippen MR) is 91.1 cm³/mol. The van der Waals surface area contributed by atoms with Gasteiger partial charge in [-0.1, -0.05) is 35.8 Å². The number of fused-ring (bicyclic) bond motifs is 5. The van der Waals surface area contributed by atoms with E-state index in [1.54, 1.807) is 0 Å². The molecule has 3 heterocycles. The first-order chi connectivity index (χ1) is 10.4. The predicted octanol–water partition coefficient (Wildman–Crippen LogP) is 3.79. The van der Waals surface area contributed by atoms with E-state index in [0.29, 0.717) is 0 Å². The van der Waals surface area contributed by atoms with Gasteiger partial charge in [0.15, 0.2) is 0 Å². The van der Waals surface area contributed by atoms with Crippen molar-refractivity contribution in [1.29, 1.82) is 0 Å². The van der Waals surface area contributed by atoms with Gasteiger partial charge < -0.3 is 9.88 Å². The van der Waals surface area contributed by atoms with Crippen molar-refractivity contribution in [2.24, 2.45) is 5.41 Å². The second-order valence-corrected chi connectivity index (χ2v) is 8.03. The van der Waals surface area contributed by atoms with Crippen molar-refractivity contribution < 1.29 is 4.79 Å².